The number of hydrogen-bond donors (Lipinski definition) is 2. The molecule has 2 N–H and O–H groups in total. The molecule has 1 aromatic carbocycles. The summed E-state index contributed by atoms with van der Waals surface area (Å²) in [4.78, 5) is 13.6. The molecule has 2 aromatic rings. The first-order valence-corrected chi connectivity index (χ1v) is 7.37. The third-order valence-electron chi connectivity index (χ3n) is 2.69. The van der Waals surface area contributed by atoms with Crippen LogP contribution in [0.25, 0.3) is 0 Å². The highest BCUT2D eigenvalue weighted by Crippen LogP contribution is 2.40. The van der Waals surface area contributed by atoms with Crippen LogP contribution in [0, 0.1) is 0 Å². The molecule has 0 saturated carbocycles. The number of aromatic nitrogens is 1. The third kappa shape index (κ3) is 3.60. The Hall–Kier alpha value is -1.15. The Labute approximate surface area is 137 Å². The molecule has 0 fully saturated rings. The fraction of sp³-hybridized carbons (Fsp3) is 0.154. The summed E-state index contributed by atoms with van der Waals surface area (Å²) in [7, 11) is 0. The molecule has 2 rings (SSSR count). The number of benzene rings is 1. The van der Waals surface area contributed by atoms with Crippen LogP contribution in [0.2, 0.25) is 10.0 Å². The van der Waals surface area contributed by atoms with Crippen LogP contribution in [0.15, 0.2) is 38.9 Å². The van der Waals surface area contributed by atoms with E-state index < -0.39 is 24.0 Å². The fourth-order valence-electron chi connectivity index (χ4n) is 1.65. The Morgan fingerprint density at radius 3 is 2.32 bits per heavy atom. The molecule has 0 spiro atoms. The second-order valence-corrected chi connectivity index (χ2v) is 6.03. The lowest BCUT2D eigenvalue weighted by atomic mass is 10.2. The number of aromatic amines is 1. The first kappa shape index (κ1) is 17.2. The van der Waals surface area contributed by atoms with E-state index in [9.17, 15) is 23.1 Å². The van der Waals surface area contributed by atoms with Crippen LogP contribution >= 0.6 is 35.0 Å². The zero-order valence-corrected chi connectivity index (χ0v) is 13.0. The molecule has 3 nitrogen and oxygen atoms in total. The van der Waals surface area contributed by atoms with Crippen LogP contribution in [-0.2, 0) is 12.8 Å². The van der Waals surface area contributed by atoms with Crippen molar-refractivity contribution in [2.45, 2.75) is 22.6 Å². The standard InChI is InChI=1S/C13H8Cl2F3NO2S/c14-7-2-1-3-8(15)11(7)22-9-4-10(13(16,17)18)19-12(21)6(9)5-20/h1-4,20H,5H2,(H,19,21). The monoisotopic (exact) mass is 369 g/mol. The quantitative estimate of drug-likeness (QED) is 0.845. The van der Waals surface area contributed by atoms with Crippen molar-refractivity contribution >= 4 is 35.0 Å². The highest BCUT2D eigenvalue weighted by Gasteiger charge is 2.33. The molecule has 0 aliphatic rings. The molecule has 1 heterocycles. The number of aliphatic hydroxyl groups is 1. The van der Waals surface area contributed by atoms with Gasteiger partial charge in [0, 0.05) is 9.79 Å². The van der Waals surface area contributed by atoms with Crippen LogP contribution in [0.3, 0.4) is 0 Å². The summed E-state index contributed by atoms with van der Waals surface area (Å²) >= 11 is 12.7. The summed E-state index contributed by atoms with van der Waals surface area (Å²) in [5.41, 5.74) is -2.41. The van der Waals surface area contributed by atoms with Gasteiger partial charge in [0.15, 0.2) is 0 Å². The topological polar surface area (TPSA) is 53.1 Å². The first-order chi connectivity index (χ1) is 10.2. The summed E-state index contributed by atoms with van der Waals surface area (Å²) < 4.78 is 38.4. The normalized spacial score (nSPS) is 11.7. The lowest BCUT2D eigenvalue weighted by Crippen LogP contribution is -2.20. The molecule has 1 aromatic heterocycles. The van der Waals surface area contributed by atoms with E-state index in [1.54, 1.807) is 11.1 Å². The smallest absolute Gasteiger partial charge is 0.391 e. The molecule has 9 heteroatoms. The Bertz CT molecular complexity index is 742. The van der Waals surface area contributed by atoms with Gasteiger partial charge >= 0.3 is 6.18 Å². The average molecular weight is 370 g/mol. The molecule has 0 saturated heterocycles. The van der Waals surface area contributed by atoms with Crippen LogP contribution in [-0.4, -0.2) is 10.1 Å². The minimum Gasteiger partial charge on any atom is -0.391 e. The van der Waals surface area contributed by atoms with E-state index in [0.717, 1.165) is 17.8 Å². The van der Waals surface area contributed by atoms with Crippen molar-refractivity contribution in [1.82, 2.24) is 4.98 Å². The number of hydrogen-bond acceptors (Lipinski definition) is 3. The van der Waals surface area contributed by atoms with Crippen molar-refractivity contribution in [3.63, 3.8) is 0 Å². The van der Waals surface area contributed by atoms with Crippen molar-refractivity contribution in [3.8, 4) is 0 Å². The van der Waals surface area contributed by atoms with Crippen molar-refractivity contribution < 1.29 is 18.3 Å². The van der Waals surface area contributed by atoms with Gasteiger partial charge in [-0.2, -0.15) is 13.2 Å². The maximum atomic E-state index is 12.8. The molecule has 0 aliphatic carbocycles. The Balaban J connectivity index is 2.59. The van der Waals surface area contributed by atoms with Gasteiger partial charge in [-0.3, -0.25) is 4.79 Å². The molecular weight excluding hydrogens is 362 g/mol. The highest BCUT2D eigenvalue weighted by atomic mass is 35.5. The number of H-pyrrole nitrogens is 1. The fourth-order valence-corrected chi connectivity index (χ4v) is 3.28. The average Bonchev–Trinajstić information content (AvgIpc) is 2.41. The van der Waals surface area contributed by atoms with E-state index in [4.69, 9.17) is 23.2 Å². The summed E-state index contributed by atoms with van der Waals surface area (Å²) in [5.74, 6) is 0. The largest absolute Gasteiger partial charge is 0.431 e. The molecule has 0 bridgehead atoms. The predicted octanol–water partition coefficient (Wildman–Crippen LogP) is 4.34. The first-order valence-electron chi connectivity index (χ1n) is 5.80. The summed E-state index contributed by atoms with van der Waals surface area (Å²) in [6.07, 6.45) is -4.72. The molecule has 118 valence electrons. The number of halogens is 5. The second kappa shape index (κ2) is 6.54. The van der Waals surface area contributed by atoms with Crippen LogP contribution in [0.5, 0.6) is 0 Å². The van der Waals surface area contributed by atoms with E-state index in [0.29, 0.717) is 4.90 Å². The van der Waals surface area contributed by atoms with E-state index in [2.05, 4.69) is 0 Å². The van der Waals surface area contributed by atoms with Gasteiger partial charge in [-0.05, 0) is 18.2 Å². The van der Waals surface area contributed by atoms with Gasteiger partial charge in [-0.1, -0.05) is 41.0 Å². The minimum absolute atomic E-state index is 0.0615. The third-order valence-corrected chi connectivity index (χ3v) is 4.77. The molecule has 0 radical (unpaired) electrons. The number of nitrogens with one attached hydrogen (secondary N) is 1. The Morgan fingerprint density at radius 1 is 1.23 bits per heavy atom. The maximum Gasteiger partial charge on any atom is 0.431 e. The van der Waals surface area contributed by atoms with Crippen molar-refractivity contribution in [3.05, 3.63) is 55.9 Å². The summed E-state index contributed by atoms with van der Waals surface area (Å²) in [5, 5.41) is 9.69. The molecule has 22 heavy (non-hydrogen) atoms. The van der Waals surface area contributed by atoms with Crippen LogP contribution in [0.4, 0.5) is 13.2 Å². The number of aliphatic hydroxyl groups excluding tert-OH is 1. The van der Waals surface area contributed by atoms with E-state index in [1.807, 2.05) is 0 Å². The van der Waals surface area contributed by atoms with Gasteiger partial charge in [0.2, 0.25) is 0 Å². The lowest BCUT2D eigenvalue weighted by molar-refractivity contribution is -0.141. The molecule has 0 amide bonds. The van der Waals surface area contributed by atoms with E-state index in [-0.39, 0.29) is 20.5 Å². The second-order valence-electron chi connectivity index (χ2n) is 4.16. The van der Waals surface area contributed by atoms with Gasteiger partial charge in [0.1, 0.15) is 5.69 Å². The van der Waals surface area contributed by atoms with E-state index in [1.165, 1.54) is 12.1 Å². The van der Waals surface area contributed by atoms with Gasteiger partial charge in [0.05, 0.1) is 22.2 Å². The number of pyridine rings is 1. The Kier molecular flexibility index (Phi) is 5.11. The number of alkyl halides is 3. The van der Waals surface area contributed by atoms with E-state index >= 15 is 0 Å². The zero-order chi connectivity index (χ0) is 16.5. The highest BCUT2D eigenvalue weighted by molar-refractivity contribution is 7.99. The van der Waals surface area contributed by atoms with Gasteiger partial charge in [-0.25, -0.2) is 0 Å². The maximum absolute atomic E-state index is 12.8. The van der Waals surface area contributed by atoms with Crippen molar-refractivity contribution in [2.24, 2.45) is 0 Å². The SMILES string of the molecule is O=c1[nH]c(C(F)(F)F)cc(Sc2c(Cl)cccc2Cl)c1CO. The number of rotatable bonds is 3. The van der Waals surface area contributed by atoms with Crippen LogP contribution in [0.1, 0.15) is 11.3 Å². The molecular formula is C13H8Cl2F3NO2S. The zero-order valence-electron chi connectivity index (χ0n) is 10.7. The van der Waals surface area contributed by atoms with Gasteiger partial charge in [-0.15, -0.1) is 0 Å². The predicted molar refractivity (Wildman–Crippen MR) is 78.6 cm³/mol. The molecule has 0 atom stereocenters. The van der Waals surface area contributed by atoms with Crippen molar-refractivity contribution in [2.75, 3.05) is 0 Å². The van der Waals surface area contributed by atoms with Gasteiger partial charge in [0.25, 0.3) is 5.56 Å². The van der Waals surface area contributed by atoms with Crippen molar-refractivity contribution in [1.29, 1.82) is 0 Å². The molecule has 0 unspecified atom stereocenters. The Morgan fingerprint density at radius 2 is 1.82 bits per heavy atom. The summed E-state index contributed by atoms with van der Waals surface area (Å²) in [6, 6.07) is 5.37. The minimum atomic E-state index is -4.72. The van der Waals surface area contributed by atoms with Gasteiger partial charge < -0.3 is 10.1 Å². The molecule has 0 aliphatic heterocycles. The van der Waals surface area contributed by atoms with Crippen LogP contribution < -0.4 is 5.56 Å². The summed E-state index contributed by atoms with van der Waals surface area (Å²) in [6.45, 7) is -0.710. The lowest BCUT2D eigenvalue weighted by Gasteiger charge is -2.13.